The molecule has 3 N–H and O–H groups in total. The average Bonchev–Trinajstić information content (AvgIpc) is 2.04. The summed E-state index contributed by atoms with van der Waals surface area (Å²) in [5.41, 5.74) is -0.0561. The van der Waals surface area contributed by atoms with Gasteiger partial charge < -0.3 is 15.7 Å². The van der Waals surface area contributed by atoms with Gasteiger partial charge in [-0.1, -0.05) is 13.8 Å². The molecule has 76 valence electrons. The van der Waals surface area contributed by atoms with Crippen LogP contribution in [-0.4, -0.2) is 28.9 Å². The molecule has 1 fully saturated rings. The Bertz CT molecular complexity index is 206. The van der Waals surface area contributed by atoms with E-state index in [0.29, 0.717) is 11.2 Å². The van der Waals surface area contributed by atoms with Gasteiger partial charge in [0, 0.05) is 18.0 Å². The van der Waals surface area contributed by atoms with E-state index >= 15 is 0 Å². The Morgan fingerprint density at radius 1 is 1.62 bits per heavy atom. The minimum absolute atomic E-state index is 0.0561. The topological polar surface area (TPSA) is 44.3 Å². The number of aliphatic hydroxyl groups excluding tert-OH is 1. The first kappa shape index (κ1) is 10.7. The highest BCUT2D eigenvalue weighted by atomic mass is 32.1. The second-order valence-electron chi connectivity index (χ2n) is 4.13. The van der Waals surface area contributed by atoms with E-state index in [2.05, 4.69) is 10.6 Å². The Morgan fingerprint density at radius 3 is 2.62 bits per heavy atom. The van der Waals surface area contributed by atoms with Gasteiger partial charge in [0.25, 0.3) is 0 Å². The van der Waals surface area contributed by atoms with Crippen molar-refractivity contribution in [2.45, 2.75) is 39.3 Å². The second-order valence-corrected chi connectivity index (χ2v) is 4.54. The van der Waals surface area contributed by atoms with Crippen molar-refractivity contribution < 1.29 is 5.11 Å². The van der Waals surface area contributed by atoms with Crippen LogP contribution in [0.5, 0.6) is 0 Å². The Hall–Kier alpha value is -0.350. The number of nitrogens with one attached hydrogen (secondary N) is 2. The van der Waals surface area contributed by atoms with Crippen molar-refractivity contribution in [3.8, 4) is 0 Å². The molecule has 0 radical (unpaired) electrons. The van der Waals surface area contributed by atoms with Gasteiger partial charge in [-0.25, -0.2) is 0 Å². The molecule has 2 atom stereocenters. The second kappa shape index (κ2) is 3.80. The molecule has 0 spiro atoms. The summed E-state index contributed by atoms with van der Waals surface area (Å²) in [5, 5.41) is 16.4. The Labute approximate surface area is 84.9 Å². The summed E-state index contributed by atoms with van der Waals surface area (Å²) >= 11 is 5.07. The van der Waals surface area contributed by atoms with E-state index in [9.17, 15) is 5.11 Å². The van der Waals surface area contributed by atoms with E-state index in [1.165, 1.54) is 0 Å². The van der Waals surface area contributed by atoms with Crippen LogP contribution in [-0.2, 0) is 0 Å². The molecule has 2 unspecified atom stereocenters. The number of rotatable bonds is 2. The van der Waals surface area contributed by atoms with Crippen molar-refractivity contribution in [3.63, 3.8) is 0 Å². The molecular weight excluding hydrogens is 184 g/mol. The van der Waals surface area contributed by atoms with E-state index in [0.717, 1.165) is 13.0 Å². The van der Waals surface area contributed by atoms with Crippen LogP contribution in [0.25, 0.3) is 0 Å². The highest BCUT2D eigenvalue weighted by Crippen LogP contribution is 2.40. The van der Waals surface area contributed by atoms with E-state index in [1.807, 2.05) is 20.8 Å². The Balaban J connectivity index is 2.36. The van der Waals surface area contributed by atoms with E-state index < -0.39 is 0 Å². The maximum absolute atomic E-state index is 9.49. The first-order valence-electron chi connectivity index (χ1n) is 4.71. The summed E-state index contributed by atoms with van der Waals surface area (Å²) in [6.07, 6.45) is 0.591. The quantitative estimate of drug-likeness (QED) is 0.575. The Morgan fingerprint density at radius 2 is 2.23 bits per heavy atom. The van der Waals surface area contributed by atoms with E-state index in [4.69, 9.17) is 12.2 Å². The van der Waals surface area contributed by atoms with Gasteiger partial charge in [0.05, 0.1) is 6.10 Å². The van der Waals surface area contributed by atoms with Crippen LogP contribution in [0.3, 0.4) is 0 Å². The molecule has 0 aromatic rings. The standard InChI is InChI=1S/C9H18N2OS/c1-4-10-8(13)11-6-5-7(12)9(6,2)3/h6-7,12H,4-5H2,1-3H3,(H2,10,11,13). The third-order valence-electron chi connectivity index (χ3n) is 2.86. The van der Waals surface area contributed by atoms with Crippen molar-refractivity contribution in [1.29, 1.82) is 0 Å². The summed E-state index contributed by atoms with van der Waals surface area (Å²) < 4.78 is 0. The first-order chi connectivity index (χ1) is 5.98. The zero-order valence-electron chi connectivity index (χ0n) is 8.42. The van der Waals surface area contributed by atoms with Crippen LogP contribution in [0, 0.1) is 5.41 Å². The molecule has 1 aliphatic carbocycles. The Kier molecular flexibility index (Phi) is 3.14. The predicted molar refractivity (Wildman–Crippen MR) is 57.6 cm³/mol. The van der Waals surface area contributed by atoms with Gasteiger partial charge in [0.1, 0.15) is 0 Å². The molecule has 1 rings (SSSR count). The molecule has 0 amide bonds. The molecule has 0 heterocycles. The summed E-state index contributed by atoms with van der Waals surface area (Å²) in [6.45, 7) is 6.94. The fourth-order valence-electron chi connectivity index (χ4n) is 1.52. The number of aliphatic hydroxyl groups is 1. The minimum Gasteiger partial charge on any atom is -0.392 e. The van der Waals surface area contributed by atoms with Gasteiger partial charge in [-0.3, -0.25) is 0 Å². The monoisotopic (exact) mass is 202 g/mol. The highest BCUT2D eigenvalue weighted by Gasteiger charge is 2.47. The van der Waals surface area contributed by atoms with Crippen LogP contribution in [0.1, 0.15) is 27.2 Å². The molecular formula is C9H18N2OS. The molecule has 4 heteroatoms. The molecule has 0 bridgehead atoms. The van der Waals surface area contributed by atoms with Gasteiger partial charge in [0.15, 0.2) is 5.11 Å². The van der Waals surface area contributed by atoms with Gasteiger partial charge in [-0.2, -0.15) is 0 Å². The smallest absolute Gasteiger partial charge is 0.166 e. The fraction of sp³-hybridized carbons (Fsp3) is 0.889. The number of hydrogen-bond acceptors (Lipinski definition) is 2. The lowest BCUT2D eigenvalue weighted by atomic mass is 9.65. The molecule has 13 heavy (non-hydrogen) atoms. The zero-order valence-corrected chi connectivity index (χ0v) is 9.24. The van der Waals surface area contributed by atoms with E-state index in [-0.39, 0.29) is 11.5 Å². The van der Waals surface area contributed by atoms with Gasteiger partial charge in [0.2, 0.25) is 0 Å². The van der Waals surface area contributed by atoms with Gasteiger partial charge in [-0.15, -0.1) is 0 Å². The maximum atomic E-state index is 9.49. The average molecular weight is 202 g/mol. The van der Waals surface area contributed by atoms with Crippen LogP contribution >= 0.6 is 12.2 Å². The molecule has 0 aliphatic heterocycles. The summed E-state index contributed by atoms with van der Waals surface area (Å²) in [4.78, 5) is 0. The van der Waals surface area contributed by atoms with Gasteiger partial charge >= 0.3 is 0 Å². The predicted octanol–water partition coefficient (Wildman–Crippen LogP) is 0.630. The third kappa shape index (κ3) is 2.11. The number of thiocarbonyl (C=S) groups is 1. The molecule has 1 saturated carbocycles. The molecule has 3 nitrogen and oxygen atoms in total. The molecule has 0 aromatic carbocycles. The van der Waals surface area contributed by atoms with Crippen LogP contribution in [0.15, 0.2) is 0 Å². The fourth-order valence-corrected chi connectivity index (χ4v) is 1.80. The summed E-state index contributed by atoms with van der Waals surface area (Å²) in [7, 11) is 0. The normalized spacial score (nSPS) is 30.5. The summed E-state index contributed by atoms with van der Waals surface area (Å²) in [5.74, 6) is 0. The molecule has 0 aromatic heterocycles. The van der Waals surface area contributed by atoms with Crippen molar-refractivity contribution in [2.75, 3.05) is 6.54 Å². The maximum Gasteiger partial charge on any atom is 0.166 e. The first-order valence-corrected chi connectivity index (χ1v) is 5.11. The lowest BCUT2D eigenvalue weighted by molar-refractivity contribution is -0.0659. The van der Waals surface area contributed by atoms with Gasteiger partial charge in [-0.05, 0) is 25.6 Å². The third-order valence-corrected chi connectivity index (χ3v) is 3.12. The lowest BCUT2D eigenvalue weighted by Crippen LogP contribution is -2.62. The summed E-state index contributed by atoms with van der Waals surface area (Å²) in [6, 6.07) is 0.300. The SMILES string of the molecule is CCNC(=S)NC1CC(O)C1(C)C. The van der Waals surface area contributed by atoms with Crippen molar-refractivity contribution in [3.05, 3.63) is 0 Å². The largest absolute Gasteiger partial charge is 0.392 e. The van der Waals surface area contributed by atoms with Crippen LogP contribution in [0.2, 0.25) is 0 Å². The lowest BCUT2D eigenvalue weighted by Gasteiger charge is -2.49. The minimum atomic E-state index is -0.200. The van der Waals surface area contributed by atoms with Crippen molar-refractivity contribution >= 4 is 17.3 Å². The van der Waals surface area contributed by atoms with Crippen molar-refractivity contribution in [1.82, 2.24) is 10.6 Å². The molecule has 0 saturated heterocycles. The highest BCUT2D eigenvalue weighted by molar-refractivity contribution is 7.80. The van der Waals surface area contributed by atoms with Crippen LogP contribution < -0.4 is 10.6 Å². The van der Waals surface area contributed by atoms with Crippen molar-refractivity contribution in [2.24, 2.45) is 5.41 Å². The van der Waals surface area contributed by atoms with Crippen LogP contribution in [0.4, 0.5) is 0 Å². The number of hydrogen-bond donors (Lipinski definition) is 3. The molecule has 1 aliphatic rings. The van der Waals surface area contributed by atoms with E-state index in [1.54, 1.807) is 0 Å². The zero-order chi connectivity index (χ0) is 10.1.